The summed E-state index contributed by atoms with van der Waals surface area (Å²) < 4.78 is 24.7. The van der Waals surface area contributed by atoms with Crippen molar-refractivity contribution in [2.24, 2.45) is 37.4 Å². The van der Waals surface area contributed by atoms with Crippen molar-refractivity contribution in [3.8, 4) is 67.2 Å². The van der Waals surface area contributed by atoms with E-state index in [-0.39, 0.29) is 0 Å². The van der Waals surface area contributed by atoms with E-state index in [1.54, 1.807) is 0 Å². The first-order valence-electron chi connectivity index (χ1n) is 32.5. The molecule has 0 saturated heterocycles. The Balaban J connectivity index is 0.000000143. The first kappa shape index (κ1) is 57.2. The molecule has 0 atom stereocenters. The van der Waals surface area contributed by atoms with Crippen LogP contribution in [-0.4, -0.2) is 0 Å². The summed E-state index contributed by atoms with van der Waals surface area (Å²) in [5.74, 6) is -0.170. The van der Waals surface area contributed by atoms with E-state index in [1.165, 1.54) is 115 Å². The third-order valence-electron chi connectivity index (χ3n) is 19.4. The summed E-state index contributed by atoms with van der Waals surface area (Å²) in [5.41, 5.74) is 24.0. The minimum Gasteiger partial charge on any atom is -0.201 e. The van der Waals surface area contributed by atoms with Crippen LogP contribution >= 0.6 is 0 Å². The predicted octanol–water partition coefficient (Wildman–Crippen LogP) is 20.5. The normalized spacial score (nSPS) is 18.0. The fraction of sp³-hybridized carbons (Fsp3) is 0.370. The number of nitrogens with zero attached hydrogens (tertiary/aromatic N) is 3. The molecule has 0 amide bonds. The number of aromatic nitrogens is 3. The summed E-state index contributed by atoms with van der Waals surface area (Å²) in [6.45, 7) is 20.7. The van der Waals surface area contributed by atoms with Gasteiger partial charge in [-0.25, -0.2) is 13.7 Å². The van der Waals surface area contributed by atoms with Crippen LogP contribution in [0.3, 0.4) is 0 Å². The van der Waals surface area contributed by atoms with Gasteiger partial charge in [0.1, 0.15) is 21.1 Å². The van der Waals surface area contributed by atoms with Gasteiger partial charge in [0.25, 0.3) is 0 Å². The second-order valence-corrected chi connectivity index (χ2v) is 27.4. The Kier molecular flexibility index (Phi) is 17.7. The monoisotopic (exact) mass is 1110 g/mol. The highest BCUT2D eigenvalue weighted by molar-refractivity contribution is 5.73. The minimum atomic E-state index is -0.455. The molecule has 3 aliphatic rings. The van der Waals surface area contributed by atoms with Crippen molar-refractivity contribution < 1.29 is 16.4 Å². The lowest BCUT2D eigenvalue weighted by atomic mass is 9.71. The zero-order chi connectivity index (χ0) is 61.0. The number of benzene rings is 6. The average Bonchev–Trinajstić information content (AvgIpc) is 1.65. The fourth-order valence-corrected chi connectivity index (χ4v) is 13.2. The van der Waals surface area contributed by atoms with Gasteiger partial charge >= 0.3 is 0 Å². The topological polar surface area (TPSA) is 11.6 Å². The highest BCUT2D eigenvalue weighted by atomic mass is 14.9. The Bertz CT molecular complexity index is 3800. The van der Waals surface area contributed by atoms with E-state index < -0.39 is 11.8 Å². The van der Waals surface area contributed by atoms with Gasteiger partial charge in [0.2, 0.25) is 17.1 Å². The van der Waals surface area contributed by atoms with Crippen LogP contribution in [0.1, 0.15) is 172 Å². The maximum Gasteiger partial charge on any atom is 0.213 e. The third kappa shape index (κ3) is 14.6. The quantitative estimate of drug-likeness (QED) is 0.128. The lowest BCUT2D eigenvalue weighted by molar-refractivity contribution is -0.660. The van der Waals surface area contributed by atoms with Gasteiger partial charge in [0, 0.05) is 55.8 Å². The van der Waals surface area contributed by atoms with Crippen molar-refractivity contribution >= 4 is 0 Å². The SMILES string of the molecule is Cc1ccccc1-c1cc(-c2cccc(C3CCC(C)(C)CC3)c2)cc[n+]1C.[2H]C1(c2ccc(-c3cc[n+](C)c(-c4ccccc4C)c3)cc2)CCC(C)(C)CC1.[2H]C1(c2cccc(-c3cc[n+](C)c(-c4ccccc4C)c3)c2)CCC(C)(C)CC1. The lowest BCUT2D eigenvalue weighted by Gasteiger charge is -2.34. The molecule has 0 N–H and O–H groups in total. The van der Waals surface area contributed by atoms with Crippen molar-refractivity contribution in [3.63, 3.8) is 0 Å². The van der Waals surface area contributed by atoms with Crippen molar-refractivity contribution in [2.45, 2.75) is 157 Å². The fourth-order valence-electron chi connectivity index (χ4n) is 13.2. The number of aryl methyl sites for hydroxylation is 6. The van der Waals surface area contributed by atoms with Gasteiger partial charge in [0.05, 0.1) is 0 Å². The number of hydrogen-bond acceptors (Lipinski definition) is 0. The highest BCUT2D eigenvalue weighted by Crippen LogP contribution is 2.46. The smallest absolute Gasteiger partial charge is 0.201 e. The van der Waals surface area contributed by atoms with E-state index in [9.17, 15) is 0 Å². The molecule has 3 fully saturated rings. The molecule has 6 aromatic carbocycles. The van der Waals surface area contributed by atoms with Crippen LogP contribution < -0.4 is 13.7 Å². The zero-order valence-electron chi connectivity index (χ0n) is 55.0. The largest absolute Gasteiger partial charge is 0.213 e. The van der Waals surface area contributed by atoms with Crippen molar-refractivity contribution in [1.82, 2.24) is 0 Å². The lowest BCUT2D eigenvalue weighted by Crippen LogP contribution is -2.30. The average molecular weight is 1110 g/mol. The molecule has 12 rings (SSSR count). The number of rotatable bonds is 9. The van der Waals surface area contributed by atoms with Crippen LogP contribution in [0.25, 0.3) is 67.2 Å². The van der Waals surface area contributed by atoms with Crippen molar-refractivity contribution in [1.29, 1.82) is 0 Å². The molecule has 0 unspecified atom stereocenters. The standard InChI is InChI=1S/3C27H32N/c2*1-20-8-5-6-11-25(20)26-19-24(14-17-28(26)4)23-10-7-9-22(18-23)21-12-15-27(2,3)16-13-21;1-20-7-5-6-8-25(20)26-19-24(15-18-28(26)4)22-11-9-21(10-12-22)23-13-16-27(2,3)17-14-23/h2*5-11,14,17-19,21H,12-13,15-16H2,1-4H3;5-12,15,18-19,23H,13-14,16-17H2,1-4H3/q3*+1/i21D;;23D. The Hall–Kier alpha value is -7.23. The number of pyridine rings is 3. The van der Waals surface area contributed by atoms with Gasteiger partial charge in [-0.05, 0) is 217 Å². The Morgan fingerprint density at radius 3 is 1.04 bits per heavy atom. The van der Waals surface area contributed by atoms with E-state index in [0.29, 0.717) is 22.2 Å². The molecule has 0 spiro atoms. The summed E-state index contributed by atoms with van der Waals surface area (Å²) in [5, 5.41) is 0. The van der Waals surface area contributed by atoms with Crippen LogP contribution in [0.2, 0.25) is 0 Å². The van der Waals surface area contributed by atoms with Crippen LogP contribution in [-0.2, 0) is 21.1 Å². The predicted molar refractivity (Wildman–Crippen MR) is 355 cm³/mol. The van der Waals surface area contributed by atoms with Crippen LogP contribution in [0.4, 0.5) is 0 Å². The van der Waals surface area contributed by atoms with Gasteiger partial charge in [-0.1, -0.05) is 169 Å². The molecule has 9 aromatic rings. The molecule has 432 valence electrons. The van der Waals surface area contributed by atoms with Gasteiger partial charge in [-0.15, -0.1) is 0 Å². The Morgan fingerprint density at radius 2 is 0.643 bits per heavy atom. The first-order valence-corrected chi connectivity index (χ1v) is 31.5. The summed E-state index contributed by atoms with van der Waals surface area (Å²) in [6, 6.07) is 65.9. The molecule has 3 nitrogen and oxygen atoms in total. The molecule has 3 saturated carbocycles. The van der Waals surface area contributed by atoms with Crippen LogP contribution in [0.5, 0.6) is 0 Å². The molecule has 3 aliphatic carbocycles. The summed E-state index contributed by atoms with van der Waals surface area (Å²) in [7, 11) is 6.33. The van der Waals surface area contributed by atoms with E-state index in [2.05, 4.69) is 298 Å². The molecule has 3 aromatic heterocycles. The molecule has 0 bridgehead atoms. The van der Waals surface area contributed by atoms with Gasteiger partial charge in [0.15, 0.2) is 18.6 Å². The molecule has 3 heteroatoms. The van der Waals surface area contributed by atoms with Crippen LogP contribution in [0, 0.1) is 37.0 Å². The zero-order valence-corrected chi connectivity index (χ0v) is 53.0. The number of hydrogen-bond donors (Lipinski definition) is 0. The molecule has 3 heterocycles. The Morgan fingerprint density at radius 1 is 0.321 bits per heavy atom. The van der Waals surface area contributed by atoms with Crippen LogP contribution in [0.15, 0.2) is 201 Å². The van der Waals surface area contributed by atoms with Crippen molar-refractivity contribution in [3.05, 3.63) is 234 Å². The highest BCUT2D eigenvalue weighted by Gasteiger charge is 2.30. The van der Waals surface area contributed by atoms with E-state index >= 15 is 0 Å². The molecular weight excluding hydrogens is 1010 g/mol. The molecule has 0 radical (unpaired) electrons. The Labute approximate surface area is 509 Å². The summed E-state index contributed by atoms with van der Waals surface area (Å²) in [6.07, 6.45) is 20.1. The first-order chi connectivity index (χ1) is 41.0. The molecular formula is C81H96N3+3. The summed E-state index contributed by atoms with van der Waals surface area (Å²) in [4.78, 5) is 0. The summed E-state index contributed by atoms with van der Waals surface area (Å²) >= 11 is 0. The maximum atomic E-state index is 9.13. The maximum absolute atomic E-state index is 9.13. The second-order valence-electron chi connectivity index (χ2n) is 27.4. The molecule has 0 aliphatic heterocycles. The van der Waals surface area contributed by atoms with E-state index in [4.69, 9.17) is 2.74 Å². The van der Waals surface area contributed by atoms with Gasteiger partial charge in [-0.3, -0.25) is 0 Å². The molecule has 84 heavy (non-hydrogen) atoms. The van der Waals surface area contributed by atoms with Gasteiger partial charge in [-0.2, -0.15) is 0 Å². The van der Waals surface area contributed by atoms with E-state index in [0.717, 1.165) is 62.5 Å². The second kappa shape index (κ2) is 25.9. The van der Waals surface area contributed by atoms with Crippen molar-refractivity contribution in [2.75, 3.05) is 0 Å². The minimum absolute atomic E-state index is 0.374. The third-order valence-corrected chi connectivity index (χ3v) is 19.4. The van der Waals surface area contributed by atoms with Gasteiger partial charge < -0.3 is 0 Å². The van der Waals surface area contributed by atoms with E-state index in [1.807, 2.05) is 0 Å².